The number of nitrogens with zero attached hydrogens (tertiary/aromatic N) is 1. The van der Waals surface area contributed by atoms with Crippen LogP contribution in [0, 0.1) is 5.92 Å². The average Bonchev–Trinajstić information content (AvgIpc) is 2.85. The maximum Gasteiger partial charge on any atom is 0.0495 e. The second-order valence-electron chi connectivity index (χ2n) is 4.89. The summed E-state index contributed by atoms with van der Waals surface area (Å²) in [7, 11) is 0. The number of aromatic nitrogens is 1. The number of rotatable bonds is 6. The van der Waals surface area contributed by atoms with Gasteiger partial charge in [0, 0.05) is 42.0 Å². The quantitative estimate of drug-likeness (QED) is 0.877. The second-order valence-corrected chi connectivity index (χ2v) is 5.81. The van der Waals surface area contributed by atoms with Crippen molar-refractivity contribution in [3.8, 4) is 0 Å². The van der Waals surface area contributed by atoms with Crippen molar-refractivity contribution in [2.24, 2.45) is 5.92 Å². The summed E-state index contributed by atoms with van der Waals surface area (Å²) < 4.78 is 6.49. The van der Waals surface area contributed by atoms with E-state index in [2.05, 4.69) is 45.3 Å². The van der Waals surface area contributed by atoms with Crippen LogP contribution in [0.5, 0.6) is 0 Å². The van der Waals surface area contributed by atoms with Gasteiger partial charge in [-0.2, -0.15) is 0 Å². The molecule has 4 heteroatoms. The van der Waals surface area contributed by atoms with Crippen molar-refractivity contribution in [2.75, 3.05) is 19.8 Å². The number of likely N-dealkylation sites (N-methyl/N-ethyl adjacent to an activating group) is 1. The third-order valence-corrected chi connectivity index (χ3v) is 3.85. The highest BCUT2D eigenvalue weighted by atomic mass is 79.9. The van der Waals surface area contributed by atoms with Gasteiger partial charge in [0.15, 0.2) is 0 Å². The van der Waals surface area contributed by atoms with Crippen molar-refractivity contribution in [2.45, 2.75) is 32.2 Å². The van der Waals surface area contributed by atoms with Crippen LogP contribution < -0.4 is 5.32 Å². The minimum Gasteiger partial charge on any atom is -0.381 e. The number of ether oxygens (including phenoxy) is 1. The highest BCUT2D eigenvalue weighted by Gasteiger charge is 2.20. The van der Waals surface area contributed by atoms with E-state index in [4.69, 9.17) is 4.74 Å². The van der Waals surface area contributed by atoms with Crippen molar-refractivity contribution in [1.29, 1.82) is 0 Å². The van der Waals surface area contributed by atoms with E-state index in [1.165, 1.54) is 12.8 Å². The highest BCUT2D eigenvalue weighted by molar-refractivity contribution is 9.10. The molecule has 1 aromatic rings. The lowest BCUT2D eigenvalue weighted by molar-refractivity contribution is 0.181. The Balaban J connectivity index is 1.90. The zero-order valence-electron chi connectivity index (χ0n) is 10.9. The summed E-state index contributed by atoms with van der Waals surface area (Å²) in [6.45, 7) is 5.03. The van der Waals surface area contributed by atoms with Gasteiger partial charge in [-0.1, -0.05) is 6.92 Å². The SMILES string of the molecule is CCNC(Cc1ccc(Br)cn1)CC1CCOC1. The summed E-state index contributed by atoms with van der Waals surface area (Å²) in [5.41, 5.74) is 1.16. The number of hydrogen-bond acceptors (Lipinski definition) is 3. The van der Waals surface area contributed by atoms with Crippen LogP contribution in [0.25, 0.3) is 0 Å². The van der Waals surface area contributed by atoms with Crippen LogP contribution in [0.2, 0.25) is 0 Å². The molecule has 18 heavy (non-hydrogen) atoms. The van der Waals surface area contributed by atoms with E-state index in [0.717, 1.165) is 36.3 Å². The summed E-state index contributed by atoms with van der Waals surface area (Å²) in [5, 5.41) is 3.57. The lowest BCUT2D eigenvalue weighted by atomic mass is 9.96. The van der Waals surface area contributed by atoms with Crippen LogP contribution in [0.1, 0.15) is 25.5 Å². The van der Waals surface area contributed by atoms with E-state index in [-0.39, 0.29) is 0 Å². The molecule has 2 atom stereocenters. The van der Waals surface area contributed by atoms with E-state index in [9.17, 15) is 0 Å². The zero-order chi connectivity index (χ0) is 12.8. The lowest BCUT2D eigenvalue weighted by Crippen LogP contribution is -2.33. The molecule has 1 saturated heterocycles. The molecule has 1 fully saturated rings. The Morgan fingerprint density at radius 3 is 3.06 bits per heavy atom. The molecule has 2 rings (SSSR count). The number of hydrogen-bond donors (Lipinski definition) is 1. The molecule has 2 unspecified atom stereocenters. The fourth-order valence-electron chi connectivity index (χ4n) is 2.48. The Bertz CT molecular complexity index is 349. The van der Waals surface area contributed by atoms with Crippen molar-refractivity contribution in [3.63, 3.8) is 0 Å². The lowest BCUT2D eigenvalue weighted by Gasteiger charge is -2.20. The van der Waals surface area contributed by atoms with Crippen LogP contribution in [-0.4, -0.2) is 30.8 Å². The average molecular weight is 313 g/mol. The number of nitrogens with one attached hydrogen (secondary N) is 1. The van der Waals surface area contributed by atoms with Crippen molar-refractivity contribution in [1.82, 2.24) is 10.3 Å². The molecule has 0 bridgehead atoms. The van der Waals surface area contributed by atoms with Gasteiger partial charge in [-0.15, -0.1) is 0 Å². The third-order valence-electron chi connectivity index (χ3n) is 3.38. The predicted molar refractivity (Wildman–Crippen MR) is 76.6 cm³/mol. The molecule has 3 nitrogen and oxygen atoms in total. The molecule has 0 aromatic carbocycles. The van der Waals surface area contributed by atoms with Crippen LogP contribution in [0.15, 0.2) is 22.8 Å². The fourth-order valence-corrected chi connectivity index (χ4v) is 2.71. The van der Waals surface area contributed by atoms with Gasteiger partial charge in [0.2, 0.25) is 0 Å². The van der Waals surface area contributed by atoms with Gasteiger partial charge < -0.3 is 10.1 Å². The first kappa shape index (κ1) is 14.0. The molecule has 1 aliphatic rings. The maximum absolute atomic E-state index is 5.45. The van der Waals surface area contributed by atoms with Crippen LogP contribution in [0.3, 0.4) is 0 Å². The normalized spacial score (nSPS) is 21.1. The molecule has 1 aliphatic heterocycles. The Morgan fingerprint density at radius 2 is 2.44 bits per heavy atom. The summed E-state index contributed by atoms with van der Waals surface area (Å²) >= 11 is 3.42. The number of halogens is 1. The van der Waals surface area contributed by atoms with E-state index >= 15 is 0 Å². The van der Waals surface area contributed by atoms with Gasteiger partial charge in [-0.3, -0.25) is 4.98 Å². The summed E-state index contributed by atoms with van der Waals surface area (Å²) in [5.74, 6) is 0.712. The maximum atomic E-state index is 5.45. The molecular weight excluding hydrogens is 292 g/mol. The summed E-state index contributed by atoms with van der Waals surface area (Å²) in [4.78, 5) is 4.46. The van der Waals surface area contributed by atoms with Crippen molar-refractivity contribution >= 4 is 15.9 Å². The predicted octanol–water partition coefficient (Wildman–Crippen LogP) is 2.79. The Morgan fingerprint density at radius 1 is 1.56 bits per heavy atom. The van der Waals surface area contributed by atoms with Gasteiger partial charge in [0.1, 0.15) is 0 Å². The Kier molecular flexibility index (Phi) is 5.60. The molecule has 0 radical (unpaired) electrons. The molecule has 0 amide bonds. The van der Waals surface area contributed by atoms with E-state index in [0.29, 0.717) is 12.0 Å². The largest absolute Gasteiger partial charge is 0.381 e. The Hall–Kier alpha value is -0.450. The molecule has 100 valence electrons. The van der Waals surface area contributed by atoms with Crippen LogP contribution in [0.4, 0.5) is 0 Å². The monoisotopic (exact) mass is 312 g/mol. The standard InChI is InChI=1S/C14H21BrN2O/c1-2-16-14(7-11-5-6-18-10-11)8-13-4-3-12(15)9-17-13/h3-4,9,11,14,16H,2,5-8,10H2,1H3. The highest BCUT2D eigenvalue weighted by Crippen LogP contribution is 2.20. The van der Waals surface area contributed by atoms with Crippen LogP contribution >= 0.6 is 15.9 Å². The fraction of sp³-hybridized carbons (Fsp3) is 0.643. The van der Waals surface area contributed by atoms with E-state index < -0.39 is 0 Å². The molecule has 0 spiro atoms. The van der Waals surface area contributed by atoms with Gasteiger partial charge in [-0.25, -0.2) is 0 Å². The van der Waals surface area contributed by atoms with E-state index in [1.54, 1.807) is 0 Å². The third kappa shape index (κ3) is 4.34. The van der Waals surface area contributed by atoms with Crippen molar-refractivity contribution < 1.29 is 4.74 Å². The zero-order valence-corrected chi connectivity index (χ0v) is 12.4. The summed E-state index contributed by atoms with van der Waals surface area (Å²) in [6.07, 6.45) is 5.26. The van der Waals surface area contributed by atoms with Crippen molar-refractivity contribution in [3.05, 3.63) is 28.5 Å². The minimum absolute atomic E-state index is 0.510. The molecule has 0 aliphatic carbocycles. The summed E-state index contributed by atoms with van der Waals surface area (Å²) in [6, 6.07) is 4.67. The molecule has 2 heterocycles. The topological polar surface area (TPSA) is 34.2 Å². The molecule has 1 N–H and O–H groups in total. The van der Waals surface area contributed by atoms with Gasteiger partial charge >= 0.3 is 0 Å². The van der Waals surface area contributed by atoms with Gasteiger partial charge in [-0.05, 0) is 53.4 Å². The molecule has 0 saturated carbocycles. The smallest absolute Gasteiger partial charge is 0.0495 e. The minimum atomic E-state index is 0.510. The molecule has 1 aromatic heterocycles. The second kappa shape index (κ2) is 7.22. The Labute approximate surface area is 117 Å². The molecular formula is C14H21BrN2O. The first-order chi connectivity index (χ1) is 8.78. The first-order valence-corrected chi connectivity index (χ1v) is 7.48. The van der Waals surface area contributed by atoms with Crippen LogP contribution in [-0.2, 0) is 11.2 Å². The van der Waals surface area contributed by atoms with Gasteiger partial charge in [0.05, 0.1) is 0 Å². The van der Waals surface area contributed by atoms with E-state index in [1.807, 2.05) is 6.20 Å². The van der Waals surface area contributed by atoms with Gasteiger partial charge in [0.25, 0.3) is 0 Å². The first-order valence-electron chi connectivity index (χ1n) is 6.69. The number of pyridine rings is 1.